The van der Waals surface area contributed by atoms with Crippen molar-refractivity contribution in [2.75, 3.05) is 48.7 Å². The quantitative estimate of drug-likeness (QED) is 0.832. The molecule has 0 atom stereocenters. The van der Waals surface area contributed by atoms with E-state index in [1.54, 1.807) is 0 Å². The molecule has 1 fully saturated rings. The highest BCUT2D eigenvalue weighted by Crippen LogP contribution is 2.20. The number of aromatic nitrogens is 2. The third-order valence-corrected chi connectivity index (χ3v) is 4.04. The van der Waals surface area contributed by atoms with Gasteiger partial charge in [0.25, 0.3) is 0 Å². The Morgan fingerprint density at radius 1 is 1.41 bits per heavy atom. The molecule has 1 saturated heterocycles. The second-order valence-corrected chi connectivity index (χ2v) is 5.58. The predicted molar refractivity (Wildman–Crippen MR) is 74.6 cm³/mol. The van der Waals surface area contributed by atoms with Crippen LogP contribution in [0.5, 0.6) is 0 Å². The maximum absolute atomic E-state index is 5.96. The van der Waals surface area contributed by atoms with Gasteiger partial charge in [-0.25, -0.2) is 0 Å². The Hall–Kier alpha value is -0.880. The number of hydrogen-bond donors (Lipinski definition) is 2. The summed E-state index contributed by atoms with van der Waals surface area (Å²) < 4.78 is 1.82. The second kappa shape index (κ2) is 5.64. The third-order valence-electron chi connectivity index (χ3n) is 3.09. The number of nitrogens with zero attached hydrogens (tertiary/aromatic N) is 3. The summed E-state index contributed by atoms with van der Waals surface area (Å²) in [6.45, 7) is 6.33. The van der Waals surface area contributed by atoms with Crippen LogP contribution in [-0.4, -0.2) is 52.4 Å². The van der Waals surface area contributed by atoms with Crippen molar-refractivity contribution in [3.05, 3.63) is 5.69 Å². The van der Waals surface area contributed by atoms with Crippen LogP contribution >= 0.6 is 11.8 Å². The number of nitrogens with two attached hydrogens (primary N) is 1. The predicted octanol–water partition coefficient (Wildman–Crippen LogP) is 0.771. The van der Waals surface area contributed by atoms with Gasteiger partial charge in [-0.3, -0.25) is 9.58 Å². The Morgan fingerprint density at radius 2 is 2.12 bits per heavy atom. The maximum atomic E-state index is 5.96. The van der Waals surface area contributed by atoms with Gasteiger partial charge in [0.1, 0.15) is 5.82 Å². The first-order valence-electron chi connectivity index (χ1n) is 6.01. The van der Waals surface area contributed by atoms with Gasteiger partial charge in [-0.15, -0.1) is 0 Å². The summed E-state index contributed by atoms with van der Waals surface area (Å²) in [5.74, 6) is 3.45. The molecule has 17 heavy (non-hydrogen) atoms. The normalized spacial score (nSPS) is 17.3. The Balaban J connectivity index is 1.81. The molecule has 2 rings (SSSR count). The number of aryl methyl sites for hydroxylation is 2. The average Bonchev–Trinajstić information content (AvgIpc) is 2.57. The summed E-state index contributed by atoms with van der Waals surface area (Å²) in [5.41, 5.74) is 7.62. The van der Waals surface area contributed by atoms with Gasteiger partial charge in [-0.2, -0.15) is 16.9 Å². The average molecular weight is 255 g/mol. The molecule has 0 spiro atoms. The number of nitrogen functional groups attached to an aromatic ring is 1. The molecule has 5 nitrogen and oxygen atoms in total. The lowest BCUT2D eigenvalue weighted by atomic mass is 10.4. The van der Waals surface area contributed by atoms with Crippen LogP contribution in [0.15, 0.2) is 0 Å². The van der Waals surface area contributed by atoms with Crippen molar-refractivity contribution < 1.29 is 0 Å². The van der Waals surface area contributed by atoms with Crippen molar-refractivity contribution in [2.24, 2.45) is 7.05 Å². The fourth-order valence-corrected chi connectivity index (χ4v) is 3.02. The van der Waals surface area contributed by atoms with Gasteiger partial charge in [0.15, 0.2) is 0 Å². The van der Waals surface area contributed by atoms with Crippen LogP contribution in [0.3, 0.4) is 0 Å². The lowest BCUT2D eigenvalue weighted by molar-refractivity contribution is 0.314. The summed E-state index contributed by atoms with van der Waals surface area (Å²) >= 11 is 2.04. The van der Waals surface area contributed by atoms with Crippen LogP contribution in [0, 0.1) is 6.92 Å². The van der Waals surface area contributed by atoms with Crippen LogP contribution in [0.2, 0.25) is 0 Å². The molecule has 3 N–H and O–H groups in total. The van der Waals surface area contributed by atoms with E-state index in [0.29, 0.717) is 0 Å². The minimum absolute atomic E-state index is 0.765. The van der Waals surface area contributed by atoms with Gasteiger partial charge in [0.05, 0.1) is 11.4 Å². The molecule has 1 aromatic heterocycles. The molecule has 1 aliphatic heterocycles. The summed E-state index contributed by atoms with van der Waals surface area (Å²) in [5, 5.41) is 7.66. The number of thioether (sulfide) groups is 1. The molecule has 0 radical (unpaired) electrons. The topological polar surface area (TPSA) is 59.1 Å². The Kier molecular flexibility index (Phi) is 4.17. The fraction of sp³-hybridized carbons (Fsp3) is 0.727. The lowest BCUT2D eigenvalue weighted by Gasteiger charge is -2.26. The van der Waals surface area contributed by atoms with Crippen molar-refractivity contribution >= 4 is 23.3 Å². The Morgan fingerprint density at radius 3 is 2.71 bits per heavy atom. The molecule has 0 aliphatic carbocycles. The first kappa shape index (κ1) is 12.6. The van der Waals surface area contributed by atoms with Gasteiger partial charge < -0.3 is 11.1 Å². The zero-order chi connectivity index (χ0) is 12.3. The van der Waals surface area contributed by atoms with E-state index >= 15 is 0 Å². The molecule has 0 aromatic carbocycles. The number of hydrogen-bond acceptors (Lipinski definition) is 5. The van der Waals surface area contributed by atoms with E-state index in [-0.39, 0.29) is 0 Å². The van der Waals surface area contributed by atoms with Gasteiger partial charge in [0.2, 0.25) is 0 Å². The molecule has 0 unspecified atom stereocenters. The monoisotopic (exact) mass is 255 g/mol. The Labute approximate surface area is 107 Å². The standard InChI is InChI=1S/C11H21N5S/c1-9-10(12)11(15(2)14-9)13-3-4-16-5-7-17-8-6-16/h13H,3-8,12H2,1-2H3. The lowest BCUT2D eigenvalue weighted by Crippen LogP contribution is -2.36. The Bertz CT molecular complexity index is 370. The van der Waals surface area contributed by atoms with Crippen molar-refractivity contribution in [3.63, 3.8) is 0 Å². The molecule has 2 heterocycles. The maximum Gasteiger partial charge on any atom is 0.147 e. The smallest absolute Gasteiger partial charge is 0.147 e. The molecule has 6 heteroatoms. The first-order chi connectivity index (χ1) is 8.18. The highest BCUT2D eigenvalue weighted by molar-refractivity contribution is 7.99. The molecule has 0 amide bonds. The van der Waals surface area contributed by atoms with E-state index in [1.807, 2.05) is 30.4 Å². The second-order valence-electron chi connectivity index (χ2n) is 4.35. The van der Waals surface area contributed by atoms with E-state index in [0.717, 1.165) is 30.3 Å². The minimum Gasteiger partial charge on any atom is -0.394 e. The zero-order valence-electron chi connectivity index (χ0n) is 10.6. The number of anilines is 2. The summed E-state index contributed by atoms with van der Waals surface area (Å²) in [4.78, 5) is 2.49. The van der Waals surface area contributed by atoms with Crippen molar-refractivity contribution in [2.45, 2.75) is 6.92 Å². The van der Waals surface area contributed by atoms with Crippen LogP contribution in [0.1, 0.15) is 5.69 Å². The number of rotatable bonds is 4. The van der Waals surface area contributed by atoms with Crippen molar-refractivity contribution in [3.8, 4) is 0 Å². The fourth-order valence-electron chi connectivity index (χ4n) is 2.04. The molecule has 0 bridgehead atoms. The third kappa shape index (κ3) is 3.07. The van der Waals surface area contributed by atoms with Crippen molar-refractivity contribution in [1.29, 1.82) is 0 Å². The van der Waals surface area contributed by atoms with Crippen LogP contribution < -0.4 is 11.1 Å². The largest absolute Gasteiger partial charge is 0.394 e. The zero-order valence-corrected chi connectivity index (χ0v) is 11.4. The molecule has 1 aliphatic rings. The first-order valence-corrected chi connectivity index (χ1v) is 7.17. The van der Waals surface area contributed by atoms with Gasteiger partial charge in [-0.05, 0) is 6.92 Å². The highest BCUT2D eigenvalue weighted by Gasteiger charge is 2.12. The number of nitrogens with one attached hydrogen (secondary N) is 1. The van der Waals surface area contributed by atoms with Gasteiger partial charge in [0, 0.05) is 44.7 Å². The molecular formula is C11H21N5S. The highest BCUT2D eigenvalue weighted by atomic mass is 32.2. The summed E-state index contributed by atoms with van der Waals surface area (Å²) in [6.07, 6.45) is 0. The van der Waals surface area contributed by atoms with E-state index in [1.165, 1.54) is 24.6 Å². The van der Waals surface area contributed by atoms with Gasteiger partial charge in [-0.1, -0.05) is 0 Å². The summed E-state index contributed by atoms with van der Waals surface area (Å²) in [7, 11) is 1.92. The van der Waals surface area contributed by atoms with Gasteiger partial charge >= 0.3 is 0 Å². The van der Waals surface area contributed by atoms with E-state index in [9.17, 15) is 0 Å². The van der Waals surface area contributed by atoms with E-state index in [4.69, 9.17) is 5.73 Å². The molecule has 0 saturated carbocycles. The van der Waals surface area contributed by atoms with E-state index in [2.05, 4.69) is 15.3 Å². The molecule has 96 valence electrons. The summed E-state index contributed by atoms with van der Waals surface area (Å²) in [6, 6.07) is 0. The van der Waals surface area contributed by atoms with Crippen LogP contribution in [-0.2, 0) is 7.05 Å². The molecular weight excluding hydrogens is 234 g/mol. The molecule has 1 aromatic rings. The minimum atomic E-state index is 0.765. The van der Waals surface area contributed by atoms with Crippen LogP contribution in [0.4, 0.5) is 11.5 Å². The van der Waals surface area contributed by atoms with Crippen molar-refractivity contribution in [1.82, 2.24) is 14.7 Å². The van der Waals surface area contributed by atoms with Crippen LogP contribution in [0.25, 0.3) is 0 Å². The van der Waals surface area contributed by atoms with E-state index < -0.39 is 0 Å². The SMILES string of the molecule is Cc1nn(C)c(NCCN2CCSCC2)c1N.